The van der Waals surface area contributed by atoms with E-state index in [0.29, 0.717) is 13.1 Å². The molecule has 0 saturated carbocycles. The summed E-state index contributed by atoms with van der Waals surface area (Å²) in [6.07, 6.45) is 0. The highest BCUT2D eigenvalue weighted by atomic mass is 19.1. The highest BCUT2D eigenvalue weighted by Gasteiger charge is 2.23. The molecule has 1 aliphatic heterocycles. The summed E-state index contributed by atoms with van der Waals surface area (Å²) in [4.78, 5) is 15.8. The Bertz CT molecular complexity index is 463. The lowest BCUT2D eigenvalue weighted by molar-refractivity contribution is 0.0663. The first-order chi connectivity index (χ1) is 9.02. The second-order valence-corrected chi connectivity index (χ2v) is 4.57. The number of likely N-dealkylation sites (N-methyl/N-ethyl adjacent to an activating group) is 1. The van der Waals surface area contributed by atoms with Gasteiger partial charge in [0.2, 0.25) is 0 Å². The largest absolute Gasteiger partial charge is 0.491 e. The first-order valence-electron chi connectivity index (χ1n) is 6.03. The molecule has 0 aromatic heterocycles. The zero-order valence-electron chi connectivity index (χ0n) is 10.9. The number of hydrogen-bond donors (Lipinski definition) is 0. The van der Waals surface area contributed by atoms with Gasteiger partial charge in [-0.2, -0.15) is 0 Å². The molecule has 4 nitrogen and oxygen atoms in total. The van der Waals surface area contributed by atoms with Crippen molar-refractivity contribution in [3.63, 3.8) is 0 Å². The fourth-order valence-electron chi connectivity index (χ4n) is 2.07. The summed E-state index contributed by atoms with van der Waals surface area (Å²) in [6, 6.07) is 2.03. The molecular weight excluding hydrogens is 254 g/mol. The minimum Gasteiger partial charge on any atom is -0.491 e. The standard InChI is InChI=1S/C13H16F2N2O2/c1-16-3-5-17(6-4-16)13(18)9-7-10(14)12(19-2)11(15)8-9/h7-8H,3-6H2,1-2H3. The maximum absolute atomic E-state index is 13.6. The van der Waals surface area contributed by atoms with Gasteiger partial charge in [0.05, 0.1) is 7.11 Å². The van der Waals surface area contributed by atoms with Crippen molar-refractivity contribution in [2.24, 2.45) is 0 Å². The van der Waals surface area contributed by atoms with Gasteiger partial charge in [0.15, 0.2) is 17.4 Å². The van der Waals surface area contributed by atoms with Crippen molar-refractivity contribution in [3.05, 3.63) is 29.3 Å². The van der Waals surface area contributed by atoms with Crippen LogP contribution in [0.5, 0.6) is 5.75 Å². The predicted octanol–water partition coefficient (Wildman–Crippen LogP) is 1.36. The van der Waals surface area contributed by atoms with Crippen molar-refractivity contribution >= 4 is 5.91 Å². The van der Waals surface area contributed by atoms with Gasteiger partial charge in [0.25, 0.3) is 5.91 Å². The normalized spacial score (nSPS) is 16.5. The Labute approximate surface area is 110 Å². The average Bonchev–Trinajstić information content (AvgIpc) is 2.38. The van der Waals surface area contributed by atoms with Crippen LogP contribution in [-0.2, 0) is 0 Å². The molecule has 1 aromatic carbocycles. The van der Waals surface area contributed by atoms with Crippen molar-refractivity contribution in [1.82, 2.24) is 9.80 Å². The number of rotatable bonds is 2. The lowest BCUT2D eigenvalue weighted by Crippen LogP contribution is -2.47. The fourth-order valence-corrected chi connectivity index (χ4v) is 2.07. The third-order valence-electron chi connectivity index (χ3n) is 3.24. The third kappa shape index (κ3) is 2.84. The minimum absolute atomic E-state index is 0.0142. The van der Waals surface area contributed by atoms with Crippen molar-refractivity contribution in [2.45, 2.75) is 0 Å². The first kappa shape index (κ1) is 13.7. The summed E-state index contributed by atoms with van der Waals surface area (Å²) < 4.78 is 31.7. The molecule has 0 unspecified atom stereocenters. The number of hydrogen-bond acceptors (Lipinski definition) is 3. The van der Waals surface area contributed by atoms with Crippen LogP contribution in [0.4, 0.5) is 8.78 Å². The summed E-state index contributed by atoms with van der Waals surface area (Å²) >= 11 is 0. The van der Waals surface area contributed by atoms with Crippen LogP contribution in [0.2, 0.25) is 0 Å². The van der Waals surface area contributed by atoms with E-state index in [2.05, 4.69) is 9.64 Å². The zero-order chi connectivity index (χ0) is 14.0. The highest BCUT2D eigenvalue weighted by molar-refractivity contribution is 5.94. The number of piperazine rings is 1. The van der Waals surface area contributed by atoms with Crippen molar-refractivity contribution in [2.75, 3.05) is 40.3 Å². The van der Waals surface area contributed by atoms with Crippen molar-refractivity contribution in [1.29, 1.82) is 0 Å². The van der Waals surface area contributed by atoms with E-state index in [1.54, 1.807) is 4.90 Å². The molecule has 1 saturated heterocycles. The van der Waals surface area contributed by atoms with Crippen LogP contribution < -0.4 is 4.74 Å². The summed E-state index contributed by atoms with van der Waals surface area (Å²) in [5, 5.41) is 0. The number of halogens is 2. The molecule has 104 valence electrons. The van der Waals surface area contributed by atoms with E-state index in [9.17, 15) is 13.6 Å². The highest BCUT2D eigenvalue weighted by Crippen LogP contribution is 2.23. The predicted molar refractivity (Wildman–Crippen MR) is 66.3 cm³/mol. The van der Waals surface area contributed by atoms with E-state index in [4.69, 9.17) is 0 Å². The van der Waals surface area contributed by atoms with Crippen LogP contribution in [0.15, 0.2) is 12.1 Å². The molecular formula is C13H16F2N2O2. The fraction of sp³-hybridized carbons (Fsp3) is 0.462. The number of carbonyl (C=O) groups is 1. The number of carbonyl (C=O) groups excluding carboxylic acids is 1. The number of methoxy groups -OCH3 is 1. The second kappa shape index (κ2) is 5.52. The van der Waals surface area contributed by atoms with Crippen LogP contribution in [0, 0.1) is 11.6 Å². The molecule has 1 aromatic rings. The maximum Gasteiger partial charge on any atom is 0.254 e. The maximum atomic E-state index is 13.6. The smallest absolute Gasteiger partial charge is 0.254 e. The lowest BCUT2D eigenvalue weighted by Gasteiger charge is -2.32. The van der Waals surface area contributed by atoms with Gasteiger partial charge in [0.1, 0.15) is 0 Å². The Balaban J connectivity index is 2.20. The van der Waals surface area contributed by atoms with Gasteiger partial charge in [0, 0.05) is 31.7 Å². The molecule has 0 bridgehead atoms. The Hall–Kier alpha value is -1.69. The average molecular weight is 270 g/mol. The molecule has 19 heavy (non-hydrogen) atoms. The van der Waals surface area contributed by atoms with Gasteiger partial charge in [-0.15, -0.1) is 0 Å². The number of amides is 1. The molecule has 1 aliphatic rings. The monoisotopic (exact) mass is 270 g/mol. The molecule has 1 heterocycles. The third-order valence-corrected chi connectivity index (χ3v) is 3.24. The van der Waals surface area contributed by atoms with E-state index < -0.39 is 17.4 Å². The van der Waals surface area contributed by atoms with Crippen LogP contribution in [-0.4, -0.2) is 56.0 Å². The van der Waals surface area contributed by atoms with Crippen LogP contribution >= 0.6 is 0 Å². The number of nitrogens with zero attached hydrogens (tertiary/aromatic N) is 2. The van der Waals surface area contributed by atoms with Gasteiger partial charge in [-0.3, -0.25) is 4.79 Å². The van der Waals surface area contributed by atoms with Crippen molar-refractivity contribution < 1.29 is 18.3 Å². The Kier molecular flexibility index (Phi) is 3.99. The Morgan fingerprint density at radius 2 is 1.68 bits per heavy atom. The van der Waals surface area contributed by atoms with E-state index in [-0.39, 0.29) is 11.5 Å². The zero-order valence-corrected chi connectivity index (χ0v) is 10.9. The van der Waals surface area contributed by atoms with Gasteiger partial charge < -0.3 is 14.5 Å². The Morgan fingerprint density at radius 3 is 2.16 bits per heavy atom. The minimum atomic E-state index is -0.861. The van der Waals surface area contributed by atoms with Gasteiger partial charge >= 0.3 is 0 Å². The summed E-state index contributed by atoms with van der Waals surface area (Å²) in [6.45, 7) is 2.63. The molecule has 0 radical (unpaired) electrons. The number of benzene rings is 1. The van der Waals surface area contributed by atoms with Crippen LogP contribution in [0.1, 0.15) is 10.4 Å². The summed E-state index contributed by atoms with van der Waals surface area (Å²) in [5.41, 5.74) is 0.0142. The molecule has 0 aliphatic carbocycles. The number of ether oxygens (including phenoxy) is 1. The quantitative estimate of drug-likeness (QED) is 0.813. The van der Waals surface area contributed by atoms with E-state index in [1.807, 2.05) is 7.05 Å². The summed E-state index contributed by atoms with van der Waals surface area (Å²) in [5.74, 6) is -2.54. The molecule has 0 atom stereocenters. The molecule has 1 amide bonds. The van der Waals surface area contributed by atoms with Gasteiger partial charge in [-0.25, -0.2) is 8.78 Å². The SMILES string of the molecule is COc1c(F)cc(C(=O)N2CCN(C)CC2)cc1F. The van der Waals surface area contributed by atoms with E-state index >= 15 is 0 Å². The van der Waals surface area contributed by atoms with Crippen molar-refractivity contribution in [3.8, 4) is 5.75 Å². The molecule has 1 fully saturated rings. The second-order valence-electron chi connectivity index (χ2n) is 4.57. The molecule has 0 N–H and O–H groups in total. The topological polar surface area (TPSA) is 32.8 Å². The summed E-state index contributed by atoms with van der Waals surface area (Å²) in [7, 11) is 3.15. The van der Waals surface area contributed by atoms with Crippen LogP contribution in [0.3, 0.4) is 0 Å². The first-order valence-corrected chi connectivity index (χ1v) is 6.03. The van der Waals surface area contributed by atoms with E-state index in [0.717, 1.165) is 25.2 Å². The molecule has 2 rings (SSSR count). The van der Waals surface area contributed by atoms with E-state index in [1.165, 1.54) is 7.11 Å². The lowest BCUT2D eigenvalue weighted by atomic mass is 10.1. The molecule has 0 spiro atoms. The van der Waals surface area contributed by atoms with Gasteiger partial charge in [-0.05, 0) is 19.2 Å². The Morgan fingerprint density at radius 1 is 1.16 bits per heavy atom. The van der Waals surface area contributed by atoms with Crippen LogP contribution in [0.25, 0.3) is 0 Å². The van der Waals surface area contributed by atoms with Gasteiger partial charge in [-0.1, -0.05) is 0 Å². The molecule has 6 heteroatoms.